The van der Waals surface area contributed by atoms with Gasteiger partial charge in [-0.2, -0.15) is 0 Å². The Morgan fingerprint density at radius 3 is 2.67 bits per heavy atom. The molecule has 1 aromatic carbocycles. The first-order valence-electron chi connectivity index (χ1n) is 5.67. The molecular weight excluding hydrogens is 280 g/mol. The molecule has 108 valence electrons. The number of H-pyrrole nitrogens is 1. The third-order valence-corrected chi connectivity index (χ3v) is 2.52. The third kappa shape index (κ3) is 3.21. The Hall–Kier alpha value is -3.23. The van der Waals surface area contributed by atoms with Crippen molar-refractivity contribution in [3.05, 3.63) is 50.8 Å². The molecule has 0 atom stereocenters. The fourth-order valence-electron chi connectivity index (χ4n) is 1.48. The van der Waals surface area contributed by atoms with E-state index in [-0.39, 0.29) is 17.2 Å². The Kier molecular flexibility index (Phi) is 3.93. The van der Waals surface area contributed by atoms with Crippen molar-refractivity contribution in [3.8, 4) is 11.5 Å². The maximum atomic E-state index is 11.2. The van der Waals surface area contributed by atoms with Crippen molar-refractivity contribution in [2.75, 3.05) is 7.11 Å². The number of benzene rings is 1. The normalized spacial score (nSPS) is 10.7. The molecule has 0 unspecified atom stereocenters. The highest BCUT2D eigenvalue weighted by Crippen LogP contribution is 2.32. The molecule has 9 nitrogen and oxygen atoms in total. The van der Waals surface area contributed by atoms with E-state index in [1.165, 1.54) is 31.4 Å². The van der Waals surface area contributed by atoms with Gasteiger partial charge in [-0.1, -0.05) is 0 Å². The molecule has 2 N–H and O–H groups in total. The van der Waals surface area contributed by atoms with Crippen molar-refractivity contribution in [2.45, 2.75) is 0 Å². The molecule has 0 bridgehead atoms. The molecule has 9 heteroatoms. The van der Waals surface area contributed by atoms with Gasteiger partial charge in [0.05, 0.1) is 18.1 Å². The number of nitrogens with one attached hydrogen (secondary N) is 1. The number of nitro groups is 1. The fourth-order valence-corrected chi connectivity index (χ4v) is 1.48. The first kappa shape index (κ1) is 14.2. The van der Waals surface area contributed by atoms with Gasteiger partial charge in [-0.3, -0.25) is 14.9 Å². The fraction of sp³-hybridized carbons (Fsp3) is 0.0833. The molecule has 0 aliphatic rings. The summed E-state index contributed by atoms with van der Waals surface area (Å²) < 4.78 is 4.90. The van der Waals surface area contributed by atoms with Crippen LogP contribution in [0.3, 0.4) is 0 Å². The average Bonchev–Trinajstić information content (AvgIpc) is 2.48. The number of nitrogens with zero attached hydrogens (tertiary/aromatic N) is 3. The molecule has 2 rings (SSSR count). The van der Waals surface area contributed by atoms with Crippen molar-refractivity contribution in [1.82, 2.24) is 4.98 Å². The third-order valence-electron chi connectivity index (χ3n) is 2.52. The molecule has 1 heterocycles. The van der Waals surface area contributed by atoms with Crippen LogP contribution in [-0.2, 0) is 0 Å². The number of methoxy groups -OCH3 is 1. The molecule has 0 aliphatic heterocycles. The number of azo groups is 1. The number of ether oxygens (including phenoxy) is 1. The van der Waals surface area contributed by atoms with Crippen LogP contribution in [-0.4, -0.2) is 22.1 Å². The molecule has 0 aliphatic carbocycles. The number of aromatic amines is 1. The van der Waals surface area contributed by atoms with Gasteiger partial charge in [0.2, 0.25) is 0 Å². The van der Waals surface area contributed by atoms with Crippen LogP contribution in [0.15, 0.2) is 45.4 Å². The van der Waals surface area contributed by atoms with E-state index in [0.29, 0.717) is 5.75 Å². The topological polar surface area (TPSA) is 130 Å². The maximum Gasteiger partial charge on any atom is 0.300 e. The summed E-state index contributed by atoms with van der Waals surface area (Å²) in [5, 5.41) is 27.5. The first-order valence-corrected chi connectivity index (χ1v) is 5.67. The summed E-state index contributed by atoms with van der Waals surface area (Å²) >= 11 is 0. The van der Waals surface area contributed by atoms with Crippen LogP contribution in [0.2, 0.25) is 0 Å². The minimum Gasteiger partial charge on any atom is -0.503 e. The van der Waals surface area contributed by atoms with Gasteiger partial charge in [-0.15, -0.1) is 10.2 Å². The quantitative estimate of drug-likeness (QED) is 0.507. The zero-order valence-corrected chi connectivity index (χ0v) is 10.8. The second kappa shape index (κ2) is 5.82. The van der Waals surface area contributed by atoms with E-state index in [4.69, 9.17) is 9.84 Å². The smallest absolute Gasteiger partial charge is 0.300 e. The molecular formula is C12H10N4O5. The second-order valence-corrected chi connectivity index (χ2v) is 3.87. The summed E-state index contributed by atoms with van der Waals surface area (Å²) in [5.74, 6) is -0.0778. The molecule has 1 aromatic heterocycles. The minimum atomic E-state index is -0.726. The van der Waals surface area contributed by atoms with Crippen LogP contribution in [0.25, 0.3) is 0 Å². The number of pyridine rings is 1. The predicted molar refractivity (Wildman–Crippen MR) is 72.6 cm³/mol. The van der Waals surface area contributed by atoms with Gasteiger partial charge in [0.15, 0.2) is 17.3 Å². The van der Waals surface area contributed by atoms with Crippen LogP contribution < -0.4 is 10.3 Å². The number of nitro benzene ring substituents is 1. The Morgan fingerprint density at radius 1 is 1.29 bits per heavy atom. The summed E-state index contributed by atoms with van der Waals surface area (Å²) in [7, 11) is 1.39. The predicted octanol–water partition coefficient (Wildman–Crippen LogP) is 2.41. The number of aromatic hydroxyl groups is 1. The standard InChI is InChI=1S/C12H10N4O5/c1-21-7-2-3-8(9(6-7)16(19)20)14-15-11-5-4-10(17)12(18)13-11/h2-6,17H,1H3,(H,13,18). The van der Waals surface area contributed by atoms with Gasteiger partial charge in [0.1, 0.15) is 5.75 Å². The minimum absolute atomic E-state index is 0.00900. The Labute approximate surface area is 117 Å². The second-order valence-electron chi connectivity index (χ2n) is 3.87. The van der Waals surface area contributed by atoms with Gasteiger partial charge in [0, 0.05) is 0 Å². The average molecular weight is 290 g/mol. The lowest BCUT2D eigenvalue weighted by atomic mass is 10.2. The summed E-state index contributed by atoms with van der Waals surface area (Å²) in [5.41, 5.74) is -0.996. The maximum absolute atomic E-state index is 11.2. The molecule has 0 saturated heterocycles. The SMILES string of the molecule is COc1ccc(N=Nc2ccc(O)c(=O)[nH]2)c([N+](=O)[O-])c1. The Morgan fingerprint density at radius 2 is 2.05 bits per heavy atom. The molecule has 0 fully saturated rings. The number of aromatic nitrogens is 1. The van der Waals surface area contributed by atoms with Crippen LogP contribution in [0.5, 0.6) is 11.5 Å². The highest BCUT2D eigenvalue weighted by Gasteiger charge is 2.14. The van der Waals surface area contributed by atoms with Gasteiger partial charge in [-0.25, -0.2) is 0 Å². The Bertz CT molecular complexity index is 768. The largest absolute Gasteiger partial charge is 0.503 e. The highest BCUT2D eigenvalue weighted by molar-refractivity contribution is 5.59. The van der Waals surface area contributed by atoms with E-state index in [1.54, 1.807) is 0 Å². The van der Waals surface area contributed by atoms with Crippen LogP contribution in [0.1, 0.15) is 0 Å². The molecule has 21 heavy (non-hydrogen) atoms. The van der Waals surface area contributed by atoms with E-state index in [0.717, 1.165) is 6.07 Å². The molecule has 0 saturated carbocycles. The van der Waals surface area contributed by atoms with Crippen molar-refractivity contribution < 1.29 is 14.8 Å². The van der Waals surface area contributed by atoms with Gasteiger partial charge in [-0.05, 0) is 24.3 Å². The van der Waals surface area contributed by atoms with Gasteiger partial charge >= 0.3 is 0 Å². The summed E-state index contributed by atoms with van der Waals surface area (Å²) in [6, 6.07) is 6.55. The van der Waals surface area contributed by atoms with E-state index >= 15 is 0 Å². The van der Waals surface area contributed by atoms with E-state index in [9.17, 15) is 14.9 Å². The summed E-state index contributed by atoms with van der Waals surface area (Å²) in [4.78, 5) is 23.8. The van der Waals surface area contributed by atoms with E-state index in [2.05, 4.69) is 15.2 Å². The van der Waals surface area contributed by atoms with Gasteiger partial charge < -0.3 is 14.8 Å². The van der Waals surface area contributed by atoms with Crippen molar-refractivity contribution in [3.63, 3.8) is 0 Å². The molecule has 0 spiro atoms. The lowest BCUT2D eigenvalue weighted by Crippen LogP contribution is -2.02. The lowest BCUT2D eigenvalue weighted by molar-refractivity contribution is -0.384. The number of hydrogen-bond donors (Lipinski definition) is 2. The zero-order chi connectivity index (χ0) is 15.4. The van der Waals surface area contributed by atoms with E-state index in [1.807, 2.05) is 0 Å². The van der Waals surface area contributed by atoms with Gasteiger partial charge in [0.25, 0.3) is 11.2 Å². The zero-order valence-electron chi connectivity index (χ0n) is 10.8. The van der Waals surface area contributed by atoms with Crippen molar-refractivity contribution >= 4 is 17.2 Å². The summed E-state index contributed by atoms with van der Waals surface area (Å²) in [6.45, 7) is 0. The van der Waals surface area contributed by atoms with Crippen molar-refractivity contribution in [2.24, 2.45) is 10.2 Å². The highest BCUT2D eigenvalue weighted by atomic mass is 16.6. The van der Waals surface area contributed by atoms with Crippen LogP contribution in [0.4, 0.5) is 17.2 Å². The molecule has 0 radical (unpaired) electrons. The number of rotatable bonds is 4. The van der Waals surface area contributed by atoms with Crippen LogP contribution in [0, 0.1) is 10.1 Å². The number of hydrogen-bond acceptors (Lipinski definition) is 7. The summed E-state index contributed by atoms with van der Waals surface area (Å²) in [6.07, 6.45) is 0. The lowest BCUT2D eigenvalue weighted by Gasteiger charge is -2.01. The van der Waals surface area contributed by atoms with E-state index < -0.39 is 16.2 Å². The monoisotopic (exact) mass is 290 g/mol. The van der Waals surface area contributed by atoms with Crippen molar-refractivity contribution in [1.29, 1.82) is 0 Å². The molecule has 0 amide bonds. The first-order chi connectivity index (χ1) is 10.0. The van der Waals surface area contributed by atoms with Crippen LogP contribution >= 0.6 is 0 Å². The Balaban J connectivity index is 2.38. The molecule has 2 aromatic rings.